The summed E-state index contributed by atoms with van der Waals surface area (Å²) < 4.78 is 41.9. The van der Waals surface area contributed by atoms with Crippen LogP contribution in [0.15, 0.2) is 53.4 Å². The van der Waals surface area contributed by atoms with Gasteiger partial charge in [-0.2, -0.15) is 0 Å². The molecule has 0 bridgehead atoms. The molecule has 1 heterocycles. The van der Waals surface area contributed by atoms with Crippen LogP contribution < -0.4 is 15.0 Å². The molecule has 0 spiro atoms. The van der Waals surface area contributed by atoms with E-state index in [0.717, 1.165) is 5.75 Å². The summed E-state index contributed by atoms with van der Waals surface area (Å²) in [6.07, 6.45) is 0.193. The number of nitrogens with zero attached hydrogens (tertiary/aromatic N) is 1. The van der Waals surface area contributed by atoms with Crippen LogP contribution in [0.4, 0.5) is 0 Å². The van der Waals surface area contributed by atoms with Crippen molar-refractivity contribution in [3.05, 3.63) is 48.5 Å². The Morgan fingerprint density at radius 3 is 2.03 bits per heavy atom. The number of hydroxylamine groups is 1. The lowest BCUT2D eigenvalue weighted by Crippen LogP contribution is -2.57. The van der Waals surface area contributed by atoms with Crippen molar-refractivity contribution in [2.24, 2.45) is 0 Å². The third-order valence-electron chi connectivity index (χ3n) is 5.87. The molecule has 1 amide bonds. The molecule has 0 aliphatic carbocycles. The number of likely N-dealkylation sites (tertiary alicyclic amines) is 1. The number of methoxy groups -OCH3 is 1. The van der Waals surface area contributed by atoms with Crippen LogP contribution in [0.5, 0.6) is 17.2 Å². The summed E-state index contributed by atoms with van der Waals surface area (Å²) in [6, 6.07) is 13.1. The van der Waals surface area contributed by atoms with Crippen molar-refractivity contribution in [3.8, 4) is 17.2 Å². The van der Waals surface area contributed by atoms with Crippen molar-refractivity contribution >= 4 is 28.2 Å². The average molecular weight is 529 g/mol. The number of benzene rings is 2. The summed E-state index contributed by atoms with van der Waals surface area (Å²) in [7, 11) is -2.49. The van der Waals surface area contributed by atoms with E-state index in [0.29, 0.717) is 37.7 Å². The largest absolute Gasteiger partial charge is 0.491 e. The van der Waals surface area contributed by atoms with Gasteiger partial charge in [0.05, 0.1) is 17.6 Å². The fourth-order valence-corrected chi connectivity index (χ4v) is 5.94. The number of rotatable bonds is 10. The van der Waals surface area contributed by atoms with Crippen LogP contribution in [0.3, 0.4) is 0 Å². The monoisotopic (exact) mass is 528 g/mol. The number of ether oxygens (including phenoxy) is 3. The SMILES string of the molecule is COCCN1CCC(C(=O)NO)(S(=O)(=O)c2ccc(Oc3ccc(OC(C)C)cc3)cc2)CC1.Cl. The molecule has 9 nitrogen and oxygen atoms in total. The molecule has 0 radical (unpaired) electrons. The van der Waals surface area contributed by atoms with Crippen molar-refractivity contribution < 1.29 is 32.6 Å². The van der Waals surface area contributed by atoms with Crippen LogP contribution in [0.2, 0.25) is 0 Å². The molecule has 1 saturated heterocycles. The molecule has 0 aromatic heterocycles. The van der Waals surface area contributed by atoms with Gasteiger partial charge in [-0.3, -0.25) is 10.0 Å². The fourth-order valence-electron chi connectivity index (χ4n) is 3.98. The molecule has 35 heavy (non-hydrogen) atoms. The molecule has 11 heteroatoms. The summed E-state index contributed by atoms with van der Waals surface area (Å²) in [5.41, 5.74) is 1.57. The van der Waals surface area contributed by atoms with Gasteiger partial charge in [0.15, 0.2) is 14.6 Å². The molecule has 2 aromatic carbocycles. The highest BCUT2D eigenvalue weighted by molar-refractivity contribution is 7.93. The summed E-state index contributed by atoms with van der Waals surface area (Å²) in [6.45, 7) is 5.84. The minimum Gasteiger partial charge on any atom is -0.491 e. The predicted molar refractivity (Wildman–Crippen MR) is 133 cm³/mol. The van der Waals surface area contributed by atoms with E-state index in [1.165, 1.54) is 12.1 Å². The topological polar surface area (TPSA) is 114 Å². The van der Waals surface area contributed by atoms with E-state index in [1.807, 2.05) is 18.7 Å². The number of carbonyl (C=O) groups excluding carboxylic acids is 1. The number of piperidine rings is 1. The molecule has 0 saturated carbocycles. The molecule has 1 fully saturated rings. The molecule has 0 atom stereocenters. The fraction of sp³-hybridized carbons (Fsp3) is 0.458. The molecular formula is C24H33ClN2O7S. The van der Waals surface area contributed by atoms with Crippen LogP contribution >= 0.6 is 12.4 Å². The summed E-state index contributed by atoms with van der Waals surface area (Å²) in [4.78, 5) is 14.6. The van der Waals surface area contributed by atoms with Gasteiger partial charge < -0.3 is 19.1 Å². The molecule has 2 N–H and O–H groups in total. The van der Waals surface area contributed by atoms with E-state index < -0.39 is 20.5 Å². The van der Waals surface area contributed by atoms with E-state index >= 15 is 0 Å². The number of nitrogens with one attached hydrogen (secondary N) is 1. The molecule has 194 valence electrons. The number of hydrogen-bond acceptors (Lipinski definition) is 8. The highest BCUT2D eigenvalue weighted by Crippen LogP contribution is 2.37. The Bertz CT molecular complexity index is 1050. The van der Waals surface area contributed by atoms with E-state index in [2.05, 4.69) is 0 Å². The summed E-state index contributed by atoms with van der Waals surface area (Å²) in [5, 5.41) is 9.32. The van der Waals surface area contributed by atoms with E-state index in [4.69, 9.17) is 14.2 Å². The van der Waals surface area contributed by atoms with Crippen molar-refractivity contribution in [1.82, 2.24) is 10.4 Å². The van der Waals surface area contributed by atoms with Gasteiger partial charge in [0, 0.05) is 26.7 Å². The molecule has 1 aliphatic heterocycles. The first-order chi connectivity index (χ1) is 16.2. The zero-order valence-corrected chi connectivity index (χ0v) is 21.7. The smallest absolute Gasteiger partial charge is 0.265 e. The van der Waals surface area contributed by atoms with Crippen molar-refractivity contribution in [1.29, 1.82) is 0 Å². The highest BCUT2D eigenvalue weighted by Gasteiger charge is 2.52. The molecular weight excluding hydrogens is 496 g/mol. The Hall–Kier alpha value is -2.37. The highest BCUT2D eigenvalue weighted by atomic mass is 35.5. The minimum atomic E-state index is -4.09. The zero-order valence-electron chi connectivity index (χ0n) is 20.1. The maximum absolute atomic E-state index is 13.6. The molecule has 0 unspecified atom stereocenters. The van der Waals surface area contributed by atoms with Crippen LogP contribution in [0.25, 0.3) is 0 Å². The number of hydrogen-bond donors (Lipinski definition) is 2. The molecule has 1 aliphatic rings. The predicted octanol–water partition coefficient (Wildman–Crippen LogP) is 3.45. The maximum Gasteiger partial charge on any atom is 0.265 e. The van der Waals surface area contributed by atoms with Gasteiger partial charge in [-0.05, 0) is 75.2 Å². The first-order valence-corrected chi connectivity index (χ1v) is 12.7. The summed E-state index contributed by atoms with van der Waals surface area (Å²) in [5.74, 6) is 0.838. The first kappa shape index (κ1) is 28.9. The second kappa shape index (κ2) is 12.5. The van der Waals surface area contributed by atoms with Crippen LogP contribution in [-0.2, 0) is 19.4 Å². The Balaban J connectivity index is 0.00000432. The standard InChI is InChI=1S/C24H32N2O7S.ClH/c1-18(2)32-19-4-6-20(7-5-19)33-21-8-10-22(11-9-21)34(29,30)24(23(27)25-28)12-14-26(15-13-24)16-17-31-3;/h4-11,18,28H,12-17H2,1-3H3,(H,25,27);1H. The van der Waals surface area contributed by atoms with E-state index in [-0.39, 0.29) is 36.2 Å². The Morgan fingerprint density at radius 2 is 1.54 bits per heavy atom. The number of carbonyl (C=O) groups is 1. The summed E-state index contributed by atoms with van der Waals surface area (Å²) >= 11 is 0. The van der Waals surface area contributed by atoms with Crippen molar-refractivity contribution in [2.75, 3.05) is 33.4 Å². The van der Waals surface area contributed by atoms with Gasteiger partial charge in [0.25, 0.3) is 5.91 Å². The van der Waals surface area contributed by atoms with Crippen LogP contribution in [0.1, 0.15) is 26.7 Å². The van der Waals surface area contributed by atoms with Gasteiger partial charge >= 0.3 is 0 Å². The average Bonchev–Trinajstić information content (AvgIpc) is 2.83. The van der Waals surface area contributed by atoms with Crippen LogP contribution in [-0.4, -0.2) is 68.6 Å². The lowest BCUT2D eigenvalue weighted by Gasteiger charge is -2.39. The second-order valence-corrected chi connectivity index (χ2v) is 10.7. The number of sulfone groups is 1. The third kappa shape index (κ3) is 6.65. The Kier molecular flexibility index (Phi) is 10.3. The normalized spacial score (nSPS) is 15.8. The van der Waals surface area contributed by atoms with Crippen LogP contribution in [0, 0.1) is 0 Å². The quantitative estimate of drug-likeness (QED) is 0.356. The molecule has 3 rings (SSSR count). The van der Waals surface area contributed by atoms with Gasteiger partial charge in [-0.1, -0.05) is 0 Å². The van der Waals surface area contributed by atoms with E-state index in [9.17, 15) is 18.4 Å². The van der Waals surface area contributed by atoms with Gasteiger partial charge in [-0.25, -0.2) is 13.9 Å². The zero-order chi connectivity index (χ0) is 24.8. The van der Waals surface area contributed by atoms with Crippen molar-refractivity contribution in [2.45, 2.75) is 42.4 Å². The number of halogens is 1. The van der Waals surface area contributed by atoms with Gasteiger partial charge in [0.2, 0.25) is 0 Å². The van der Waals surface area contributed by atoms with E-state index in [1.54, 1.807) is 49.0 Å². The van der Waals surface area contributed by atoms with Gasteiger partial charge in [-0.15, -0.1) is 12.4 Å². The van der Waals surface area contributed by atoms with Crippen molar-refractivity contribution in [3.63, 3.8) is 0 Å². The minimum absolute atomic E-state index is 0. The third-order valence-corrected chi connectivity index (χ3v) is 8.39. The second-order valence-electron chi connectivity index (χ2n) is 8.48. The molecule has 2 aromatic rings. The lowest BCUT2D eigenvalue weighted by molar-refractivity contribution is -0.133. The first-order valence-electron chi connectivity index (χ1n) is 11.2. The lowest BCUT2D eigenvalue weighted by atomic mass is 9.95. The number of amides is 1. The Labute approximate surface area is 212 Å². The maximum atomic E-state index is 13.6. The Morgan fingerprint density at radius 1 is 1.03 bits per heavy atom. The van der Waals surface area contributed by atoms with Gasteiger partial charge in [0.1, 0.15) is 17.2 Å².